The van der Waals surface area contributed by atoms with Gasteiger partial charge in [-0.1, -0.05) is 13.8 Å². The van der Waals surface area contributed by atoms with Crippen LogP contribution in [-0.4, -0.2) is 75.4 Å². The third kappa shape index (κ3) is 10.5. The van der Waals surface area contributed by atoms with Gasteiger partial charge in [-0.3, -0.25) is 19.2 Å². The molecule has 1 aromatic rings. The molecule has 4 unspecified atom stereocenters. The van der Waals surface area contributed by atoms with E-state index in [1.54, 1.807) is 13.8 Å². The normalized spacial score (nSPS) is 14.4. The maximum atomic E-state index is 13.1. The van der Waals surface area contributed by atoms with E-state index in [0.717, 1.165) is 0 Å². The number of aromatic amines is 1. The van der Waals surface area contributed by atoms with Crippen LogP contribution in [0.2, 0.25) is 0 Å². The monoisotopic (exact) mass is 496 g/mol. The Hall–Kier alpha value is -3.52. The molecular formula is C21H36N8O6. The summed E-state index contributed by atoms with van der Waals surface area (Å²) in [5.41, 5.74) is 16.8. The molecule has 14 heteroatoms. The number of hydrogen-bond acceptors (Lipinski definition) is 8. The molecule has 14 nitrogen and oxygen atoms in total. The van der Waals surface area contributed by atoms with Gasteiger partial charge in [0.1, 0.15) is 18.1 Å². The molecule has 196 valence electrons. The predicted octanol–water partition coefficient (Wildman–Crippen LogP) is -2.52. The quantitative estimate of drug-likeness (QED) is 0.112. The number of aliphatic carboxylic acids is 1. The van der Waals surface area contributed by atoms with E-state index in [2.05, 4.69) is 25.9 Å². The van der Waals surface area contributed by atoms with Gasteiger partial charge >= 0.3 is 5.97 Å². The Morgan fingerprint density at radius 3 is 2.17 bits per heavy atom. The number of nitrogens with zero attached hydrogens (tertiary/aromatic N) is 1. The molecule has 0 saturated carbocycles. The van der Waals surface area contributed by atoms with E-state index < -0.39 is 66.1 Å². The summed E-state index contributed by atoms with van der Waals surface area (Å²) < 4.78 is 0. The number of rotatable bonds is 16. The van der Waals surface area contributed by atoms with Gasteiger partial charge in [-0.05, 0) is 31.7 Å². The molecule has 0 radical (unpaired) electrons. The molecule has 0 fully saturated rings. The van der Waals surface area contributed by atoms with Gasteiger partial charge < -0.3 is 43.2 Å². The third-order valence-corrected chi connectivity index (χ3v) is 5.18. The number of H-pyrrole nitrogens is 1. The summed E-state index contributed by atoms with van der Waals surface area (Å²) in [6, 6.07) is -4.67. The number of carboxylic acids is 1. The standard InChI is InChI=1S/C21H36N8O6/c1-11(2)17(21(34)35)29-20(33)15(7-12-9-25-10-26-12)28-19(32)14(5-3-4-6-22)27-18(31)13(23)8-16(24)30/h9-11,13-15,17H,3-8,22-23H2,1-2H3,(H2,24,30)(H,25,26)(H,27,31)(H,28,32)(H,29,33)(H,34,35). The van der Waals surface area contributed by atoms with Crippen molar-refractivity contribution in [1.82, 2.24) is 25.9 Å². The Balaban J connectivity index is 3.06. The van der Waals surface area contributed by atoms with Crippen LogP contribution in [0.4, 0.5) is 0 Å². The van der Waals surface area contributed by atoms with Crippen molar-refractivity contribution in [1.29, 1.82) is 0 Å². The number of primary amides is 1. The number of aromatic nitrogens is 2. The molecule has 0 spiro atoms. The number of unbranched alkanes of at least 4 members (excludes halogenated alkanes) is 1. The molecule has 0 aliphatic rings. The maximum absolute atomic E-state index is 13.1. The van der Waals surface area contributed by atoms with Crippen LogP contribution in [0.5, 0.6) is 0 Å². The van der Waals surface area contributed by atoms with E-state index in [4.69, 9.17) is 17.2 Å². The van der Waals surface area contributed by atoms with E-state index in [1.807, 2.05) is 0 Å². The van der Waals surface area contributed by atoms with Crippen molar-refractivity contribution >= 4 is 29.6 Å². The zero-order valence-electron chi connectivity index (χ0n) is 20.0. The Kier molecular flexibility index (Phi) is 12.4. The summed E-state index contributed by atoms with van der Waals surface area (Å²) in [6.07, 6.45) is 3.72. The fourth-order valence-electron chi connectivity index (χ4n) is 3.22. The first-order valence-corrected chi connectivity index (χ1v) is 11.3. The molecule has 1 heterocycles. The number of nitrogens with one attached hydrogen (secondary N) is 4. The smallest absolute Gasteiger partial charge is 0.326 e. The van der Waals surface area contributed by atoms with E-state index in [-0.39, 0.29) is 12.8 Å². The van der Waals surface area contributed by atoms with Crippen molar-refractivity contribution in [3.8, 4) is 0 Å². The molecule has 11 N–H and O–H groups in total. The summed E-state index contributed by atoms with van der Waals surface area (Å²) >= 11 is 0. The van der Waals surface area contributed by atoms with E-state index in [1.165, 1.54) is 12.5 Å². The topological polar surface area (TPSA) is 248 Å². The third-order valence-electron chi connectivity index (χ3n) is 5.18. The van der Waals surface area contributed by atoms with Crippen molar-refractivity contribution in [3.63, 3.8) is 0 Å². The lowest BCUT2D eigenvalue weighted by atomic mass is 10.0. The number of hydrogen-bond donors (Lipinski definition) is 8. The van der Waals surface area contributed by atoms with Gasteiger partial charge in [0.05, 0.1) is 18.8 Å². The van der Waals surface area contributed by atoms with Crippen molar-refractivity contribution in [2.24, 2.45) is 23.1 Å². The fraction of sp³-hybridized carbons (Fsp3) is 0.619. The second-order valence-electron chi connectivity index (χ2n) is 8.53. The highest BCUT2D eigenvalue weighted by molar-refractivity contribution is 5.95. The van der Waals surface area contributed by atoms with Crippen LogP contribution >= 0.6 is 0 Å². The van der Waals surface area contributed by atoms with E-state index in [0.29, 0.717) is 25.1 Å². The molecule has 0 aliphatic carbocycles. The van der Waals surface area contributed by atoms with Crippen molar-refractivity contribution in [2.45, 2.75) is 70.1 Å². The Morgan fingerprint density at radius 2 is 1.66 bits per heavy atom. The molecule has 0 aromatic carbocycles. The first kappa shape index (κ1) is 29.5. The SMILES string of the molecule is CC(C)C(NC(=O)C(Cc1cnc[nH]1)NC(=O)C(CCCCN)NC(=O)C(N)CC(N)=O)C(=O)O. The number of carbonyl (C=O) groups excluding carboxylic acids is 4. The summed E-state index contributed by atoms with van der Waals surface area (Å²) in [6.45, 7) is 3.65. The van der Waals surface area contributed by atoms with Crippen LogP contribution < -0.4 is 33.2 Å². The highest BCUT2D eigenvalue weighted by Crippen LogP contribution is 2.07. The Bertz CT molecular complexity index is 860. The summed E-state index contributed by atoms with van der Waals surface area (Å²) in [5.74, 6) is -4.54. The first-order valence-electron chi connectivity index (χ1n) is 11.3. The second kappa shape index (κ2) is 14.7. The van der Waals surface area contributed by atoms with Crippen LogP contribution in [0.15, 0.2) is 12.5 Å². The first-order chi connectivity index (χ1) is 16.5. The molecule has 35 heavy (non-hydrogen) atoms. The second-order valence-corrected chi connectivity index (χ2v) is 8.53. The van der Waals surface area contributed by atoms with Crippen LogP contribution in [0.3, 0.4) is 0 Å². The highest BCUT2D eigenvalue weighted by atomic mass is 16.4. The van der Waals surface area contributed by atoms with Gasteiger partial charge in [-0.15, -0.1) is 0 Å². The van der Waals surface area contributed by atoms with Crippen molar-refractivity contribution in [2.75, 3.05) is 6.54 Å². The molecular weight excluding hydrogens is 460 g/mol. The largest absolute Gasteiger partial charge is 0.480 e. The lowest BCUT2D eigenvalue weighted by Crippen LogP contribution is -2.58. The van der Waals surface area contributed by atoms with Gasteiger partial charge in [-0.2, -0.15) is 0 Å². The molecule has 0 saturated heterocycles. The zero-order valence-corrected chi connectivity index (χ0v) is 20.0. The predicted molar refractivity (Wildman–Crippen MR) is 125 cm³/mol. The average molecular weight is 497 g/mol. The highest BCUT2D eigenvalue weighted by Gasteiger charge is 2.31. The van der Waals surface area contributed by atoms with Gasteiger partial charge in [-0.25, -0.2) is 9.78 Å². The molecule has 0 bridgehead atoms. The van der Waals surface area contributed by atoms with Gasteiger partial charge in [0.2, 0.25) is 23.6 Å². The number of nitrogens with two attached hydrogens (primary N) is 3. The zero-order chi connectivity index (χ0) is 26.5. The number of amides is 4. The number of carboxylic acid groups (broad SMARTS) is 1. The minimum absolute atomic E-state index is 0.00728. The molecule has 4 atom stereocenters. The van der Waals surface area contributed by atoms with Crippen LogP contribution in [0.1, 0.15) is 45.2 Å². The van der Waals surface area contributed by atoms with Crippen LogP contribution in [0, 0.1) is 5.92 Å². The van der Waals surface area contributed by atoms with Crippen molar-refractivity contribution in [3.05, 3.63) is 18.2 Å². The van der Waals surface area contributed by atoms with Gasteiger partial charge in [0, 0.05) is 18.3 Å². The van der Waals surface area contributed by atoms with Crippen molar-refractivity contribution < 1.29 is 29.1 Å². The van der Waals surface area contributed by atoms with E-state index in [9.17, 15) is 29.1 Å². The summed E-state index contributed by atoms with van der Waals surface area (Å²) in [4.78, 5) is 67.8. The molecule has 1 rings (SSSR count). The minimum Gasteiger partial charge on any atom is -0.480 e. The summed E-state index contributed by atoms with van der Waals surface area (Å²) in [7, 11) is 0. The molecule has 0 aliphatic heterocycles. The lowest BCUT2D eigenvalue weighted by Gasteiger charge is -2.26. The fourth-order valence-corrected chi connectivity index (χ4v) is 3.22. The average Bonchev–Trinajstić information content (AvgIpc) is 3.28. The van der Waals surface area contributed by atoms with Crippen LogP contribution in [-0.2, 0) is 30.4 Å². The lowest BCUT2D eigenvalue weighted by molar-refractivity contribution is -0.143. The van der Waals surface area contributed by atoms with E-state index >= 15 is 0 Å². The summed E-state index contributed by atoms with van der Waals surface area (Å²) in [5, 5.41) is 16.9. The molecule has 1 aromatic heterocycles. The number of imidazole rings is 1. The van der Waals surface area contributed by atoms with Gasteiger partial charge in [0.15, 0.2) is 0 Å². The maximum Gasteiger partial charge on any atom is 0.326 e. The Morgan fingerprint density at radius 1 is 1.03 bits per heavy atom. The Labute approximate surface area is 203 Å². The van der Waals surface area contributed by atoms with Crippen LogP contribution in [0.25, 0.3) is 0 Å². The minimum atomic E-state index is -1.25. The number of carbonyl (C=O) groups is 5. The van der Waals surface area contributed by atoms with Gasteiger partial charge in [0.25, 0.3) is 0 Å². The molecule has 4 amide bonds.